The molecule has 31 heavy (non-hydrogen) atoms. The van der Waals surface area contributed by atoms with E-state index in [1.165, 1.54) is 22.8 Å². The van der Waals surface area contributed by atoms with E-state index in [1.54, 1.807) is 0 Å². The first-order valence-electron chi connectivity index (χ1n) is 10.1. The Hall–Kier alpha value is -3.46. The van der Waals surface area contributed by atoms with Crippen molar-refractivity contribution in [3.63, 3.8) is 0 Å². The predicted octanol–water partition coefficient (Wildman–Crippen LogP) is 3.52. The quantitative estimate of drug-likeness (QED) is 0.391. The van der Waals surface area contributed by atoms with Crippen LogP contribution in [0.2, 0.25) is 0 Å². The van der Waals surface area contributed by atoms with Crippen LogP contribution in [0.1, 0.15) is 37.8 Å². The van der Waals surface area contributed by atoms with E-state index in [4.69, 9.17) is 9.15 Å². The van der Waals surface area contributed by atoms with Crippen LogP contribution < -0.4 is 11.1 Å². The molecule has 0 saturated heterocycles. The van der Waals surface area contributed by atoms with Crippen LogP contribution in [0.25, 0.3) is 11.1 Å². The normalized spacial score (nSPS) is 11.2. The van der Waals surface area contributed by atoms with Gasteiger partial charge in [-0.2, -0.15) is 0 Å². The molecule has 0 saturated carbocycles. The molecule has 164 valence electrons. The molecule has 9 nitrogen and oxygen atoms in total. The number of hydrogen-bond donors (Lipinski definition) is 1. The summed E-state index contributed by atoms with van der Waals surface area (Å²) in [5.41, 5.74) is 2.51. The third kappa shape index (κ3) is 6.02. The second-order valence-corrected chi connectivity index (χ2v) is 7.49. The smallest absolute Gasteiger partial charge is 0.407 e. The van der Waals surface area contributed by atoms with Crippen LogP contribution in [0.4, 0.5) is 5.69 Å². The molecule has 2 aromatic carbocycles. The topological polar surface area (TPSA) is 117 Å². The number of nitrogens with zero attached hydrogens (tertiary/aromatic N) is 2. The van der Waals surface area contributed by atoms with E-state index in [2.05, 4.69) is 5.32 Å². The van der Waals surface area contributed by atoms with Crippen molar-refractivity contribution in [2.24, 2.45) is 0 Å². The maximum Gasteiger partial charge on any atom is 0.419 e. The van der Waals surface area contributed by atoms with Crippen LogP contribution in [-0.4, -0.2) is 21.5 Å². The first kappa shape index (κ1) is 22.2. The maximum absolute atomic E-state index is 12.2. The molecule has 0 atom stereocenters. The van der Waals surface area contributed by atoms with Crippen LogP contribution in [0, 0.1) is 10.1 Å². The van der Waals surface area contributed by atoms with Crippen LogP contribution in [0.3, 0.4) is 0 Å². The van der Waals surface area contributed by atoms with E-state index in [0.717, 1.165) is 11.1 Å². The highest BCUT2D eigenvalue weighted by molar-refractivity contribution is 5.76. The Morgan fingerprint density at radius 1 is 1.23 bits per heavy atom. The molecule has 0 fully saturated rings. The van der Waals surface area contributed by atoms with Crippen molar-refractivity contribution in [2.75, 3.05) is 0 Å². The van der Waals surface area contributed by atoms with Gasteiger partial charge >= 0.3 is 5.76 Å². The van der Waals surface area contributed by atoms with Gasteiger partial charge in [-0.05, 0) is 37.5 Å². The minimum Gasteiger partial charge on any atom is -0.407 e. The lowest BCUT2D eigenvalue weighted by molar-refractivity contribution is -0.384. The Morgan fingerprint density at radius 2 is 2.00 bits per heavy atom. The zero-order valence-electron chi connectivity index (χ0n) is 17.5. The van der Waals surface area contributed by atoms with Crippen LogP contribution in [0.5, 0.6) is 0 Å². The van der Waals surface area contributed by atoms with Gasteiger partial charge < -0.3 is 14.5 Å². The predicted molar refractivity (Wildman–Crippen MR) is 115 cm³/mol. The Balaban J connectivity index is 1.51. The fourth-order valence-corrected chi connectivity index (χ4v) is 3.16. The zero-order chi connectivity index (χ0) is 22.4. The lowest BCUT2D eigenvalue weighted by atomic mass is 10.1. The number of hydrogen-bond acceptors (Lipinski definition) is 6. The van der Waals surface area contributed by atoms with E-state index in [1.807, 2.05) is 38.1 Å². The van der Waals surface area contributed by atoms with Gasteiger partial charge in [-0.15, -0.1) is 0 Å². The van der Waals surface area contributed by atoms with E-state index >= 15 is 0 Å². The Labute approximate surface area is 178 Å². The van der Waals surface area contributed by atoms with Gasteiger partial charge in [0, 0.05) is 25.6 Å². The number of carbonyl (C=O) groups excluding carboxylic acids is 1. The summed E-state index contributed by atoms with van der Waals surface area (Å²) in [6.45, 7) is 5.17. The number of ether oxygens (including phenoxy) is 1. The molecule has 0 aliphatic rings. The van der Waals surface area contributed by atoms with Gasteiger partial charge in [0.1, 0.15) is 0 Å². The van der Waals surface area contributed by atoms with Gasteiger partial charge in [0.25, 0.3) is 5.69 Å². The highest BCUT2D eigenvalue weighted by Gasteiger charge is 2.14. The van der Waals surface area contributed by atoms with Gasteiger partial charge in [-0.1, -0.05) is 24.3 Å². The average Bonchev–Trinajstić information content (AvgIpc) is 3.05. The number of amides is 1. The van der Waals surface area contributed by atoms with Gasteiger partial charge in [0.05, 0.1) is 29.2 Å². The SMILES string of the molecule is CC(C)OCc1cccc(CNC(=O)CCCn2c(=O)oc3cc([N+](=O)[O-])ccc32)c1. The van der Waals surface area contributed by atoms with Crippen molar-refractivity contribution < 1.29 is 18.9 Å². The van der Waals surface area contributed by atoms with E-state index in [0.29, 0.717) is 25.1 Å². The number of nitrogens with one attached hydrogen (secondary N) is 1. The van der Waals surface area contributed by atoms with Gasteiger partial charge in [0.15, 0.2) is 5.58 Å². The van der Waals surface area contributed by atoms with Crippen molar-refractivity contribution in [1.29, 1.82) is 0 Å². The molecule has 9 heteroatoms. The maximum atomic E-state index is 12.2. The summed E-state index contributed by atoms with van der Waals surface area (Å²) in [4.78, 5) is 34.5. The molecule has 1 N–H and O–H groups in total. The highest BCUT2D eigenvalue weighted by atomic mass is 16.6. The first-order chi connectivity index (χ1) is 14.8. The number of rotatable bonds is 10. The molecule has 1 amide bonds. The molecule has 1 aromatic heterocycles. The number of benzene rings is 2. The minimum absolute atomic E-state index is 0.125. The summed E-state index contributed by atoms with van der Waals surface area (Å²) in [5, 5.41) is 13.7. The summed E-state index contributed by atoms with van der Waals surface area (Å²) in [5.74, 6) is -0.725. The number of aromatic nitrogens is 1. The molecule has 1 heterocycles. The van der Waals surface area contributed by atoms with E-state index < -0.39 is 10.7 Å². The Kier molecular flexibility index (Phi) is 7.19. The molecule has 0 unspecified atom stereocenters. The van der Waals surface area contributed by atoms with Crippen LogP contribution in [-0.2, 0) is 29.2 Å². The van der Waals surface area contributed by atoms with Crippen LogP contribution in [0.15, 0.2) is 51.7 Å². The third-order valence-electron chi connectivity index (χ3n) is 4.71. The van der Waals surface area contributed by atoms with Crippen molar-refractivity contribution in [2.45, 2.75) is 52.5 Å². The fraction of sp³-hybridized carbons (Fsp3) is 0.364. The number of carbonyl (C=O) groups is 1. The molecule has 0 spiro atoms. The molecular formula is C22H25N3O6. The molecular weight excluding hydrogens is 402 g/mol. The van der Waals surface area contributed by atoms with Gasteiger partial charge in [-0.3, -0.25) is 19.5 Å². The van der Waals surface area contributed by atoms with Gasteiger partial charge in [0.2, 0.25) is 5.91 Å². The zero-order valence-corrected chi connectivity index (χ0v) is 17.5. The second-order valence-electron chi connectivity index (χ2n) is 7.49. The van der Waals surface area contributed by atoms with Crippen LogP contribution >= 0.6 is 0 Å². The Bertz CT molecular complexity index is 1130. The number of aryl methyl sites for hydroxylation is 1. The lowest BCUT2D eigenvalue weighted by Crippen LogP contribution is -2.23. The van der Waals surface area contributed by atoms with Crippen molar-refractivity contribution >= 4 is 22.7 Å². The van der Waals surface area contributed by atoms with Crippen molar-refractivity contribution in [3.8, 4) is 0 Å². The Morgan fingerprint density at radius 3 is 2.74 bits per heavy atom. The molecule has 0 aliphatic carbocycles. The molecule has 3 rings (SSSR count). The summed E-state index contributed by atoms with van der Waals surface area (Å²) < 4.78 is 12.1. The molecule has 0 aliphatic heterocycles. The molecule has 0 radical (unpaired) electrons. The van der Waals surface area contributed by atoms with E-state index in [-0.39, 0.29) is 36.2 Å². The standard InChI is InChI=1S/C22H25N3O6/c1-15(2)30-14-17-6-3-5-16(11-17)13-23-21(26)7-4-10-24-19-9-8-18(25(28)29)12-20(19)31-22(24)27/h3,5-6,8-9,11-12,15H,4,7,10,13-14H2,1-2H3,(H,23,26). The molecule has 3 aromatic rings. The monoisotopic (exact) mass is 427 g/mol. The van der Waals surface area contributed by atoms with Gasteiger partial charge in [-0.25, -0.2) is 4.79 Å². The lowest BCUT2D eigenvalue weighted by Gasteiger charge is -2.10. The van der Waals surface area contributed by atoms with Crippen molar-refractivity contribution in [3.05, 3.63) is 74.3 Å². The largest absolute Gasteiger partial charge is 0.419 e. The number of oxazole rings is 1. The number of nitro benzene ring substituents is 1. The minimum atomic E-state index is -0.601. The third-order valence-corrected chi connectivity index (χ3v) is 4.71. The summed E-state index contributed by atoms with van der Waals surface area (Å²) in [7, 11) is 0. The molecule has 0 bridgehead atoms. The van der Waals surface area contributed by atoms with E-state index in [9.17, 15) is 19.7 Å². The summed E-state index contributed by atoms with van der Waals surface area (Å²) >= 11 is 0. The second kappa shape index (κ2) is 10.0. The number of nitro groups is 1. The summed E-state index contributed by atoms with van der Waals surface area (Å²) in [6, 6.07) is 11.9. The first-order valence-corrected chi connectivity index (χ1v) is 10.1. The van der Waals surface area contributed by atoms with Crippen molar-refractivity contribution in [1.82, 2.24) is 9.88 Å². The number of non-ortho nitro benzene ring substituents is 1. The summed E-state index contributed by atoms with van der Waals surface area (Å²) in [6.07, 6.45) is 0.820. The fourth-order valence-electron chi connectivity index (χ4n) is 3.16. The highest BCUT2D eigenvalue weighted by Crippen LogP contribution is 2.20. The average molecular weight is 427 g/mol. The number of fused-ring (bicyclic) bond motifs is 1.